The first kappa shape index (κ1) is 13.7. The van der Waals surface area contributed by atoms with Crippen LogP contribution in [0.25, 0.3) is 11.1 Å². The number of nitrogens with two attached hydrogens (primary N) is 1. The summed E-state index contributed by atoms with van der Waals surface area (Å²) in [6, 6.07) is 11.4. The molecule has 2 rings (SSSR count). The molecule has 0 unspecified atom stereocenters. The minimum absolute atomic E-state index is 0.523. The Balaban J connectivity index is 2.48. The van der Waals surface area contributed by atoms with Crippen molar-refractivity contribution in [1.82, 2.24) is 0 Å². The maximum absolute atomic E-state index is 6.22. The van der Waals surface area contributed by atoms with Gasteiger partial charge in [0, 0.05) is 10.6 Å². The summed E-state index contributed by atoms with van der Waals surface area (Å²) < 4.78 is 0. The van der Waals surface area contributed by atoms with Crippen LogP contribution in [0.15, 0.2) is 36.4 Å². The smallest absolute Gasteiger partial charge is 0.0598 e. The molecule has 18 heavy (non-hydrogen) atoms. The Morgan fingerprint density at radius 2 is 1.56 bits per heavy atom. The van der Waals surface area contributed by atoms with Crippen LogP contribution in [0.3, 0.4) is 0 Å². The SMILES string of the molecule is NCCc1ccc(Cl)c(-c2ccc(Cl)c(Cl)c2)c1. The molecule has 0 radical (unpaired) electrons. The highest BCUT2D eigenvalue weighted by Gasteiger charge is 2.07. The third-order valence-electron chi connectivity index (χ3n) is 2.69. The second-order valence-electron chi connectivity index (χ2n) is 3.98. The number of benzene rings is 2. The molecule has 0 bridgehead atoms. The third kappa shape index (κ3) is 2.99. The van der Waals surface area contributed by atoms with Crippen molar-refractivity contribution in [3.63, 3.8) is 0 Å². The highest BCUT2D eigenvalue weighted by molar-refractivity contribution is 6.42. The van der Waals surface area contributed by atoms with E-state index in [1.54, 1.807) is 6.07 Å². The van der Waals surface area contributed by atoms with E-state index in [1.165, 1.54) is 0 Å². The summed E-state index contributed by atoms with van der Waals surface area (Å²) in [5.74, 6) is 0. The summed E-state index contributed by atoms with van der Waals surface area (Å²) in [4.78, 5) is 0. The van der Waals surface area contributed by atoms with Crippen molar-refractivity contribution < 1.29 is 0 Å². The second-order valence-corrected chi connectivity index (χ2v) is 5.20. The van der Waals surface area contributed by atoms with Gasteiger partial charge < -0.3 is 5.73 Å². The molecule has 94 valence electrons. The molecule has 0 amide bonds. The molecule has 1 nitrogen and oxygen atoms in total. The summed E-state index contributed by atoms with van der Waals surface area (Å²) in [5, 5.41) is 1.75. The van der Waals surface area contributed by atoms with E-state index in [9.17, 15) is 0 Å². The molecule has 0 saturated carbocycles. The van der Waals surface area contributed by atoms with Crippen LogP contribution >= 0.6 is 34.8 Å². The quantitative estimate of drug-likeness (QED) is 0.864. The fourth-order valence-corrected chi connectivity index (χ4v) is 2.30. The van der Waals surface area contributed by atoms with Gasteiger partial charge in [-0.3, -0.25) is 0 Å². The van der Waals surface area contributed by atoms with E-state index in [0.29, 0.717) is 21.6 Å². The highest BCUT2D eigenvalue weighted by Crippen LogP contribution is 2.33. The van der Waals surface area contributed by atoms with Gasteiger partial charge in [0.15, 0.2) is 0 Å². The van der Waals surface area contributed by atoms with Gasteiger partial charge in [0.1, 0.15) is 0 Å². The molecule has 0 heterocycles. The van der Waals surface area contributed by atoms with Crippen LogP contribution in [-0.2, 0) is 6.42 Å². The predicted molar refractivity (Wildman–Crippen MR) is 79.7 cm³/mol. The molecular formula is C14H12Cl3N. The Morgan fingerprint density at radius 3 is 2.22 bits per heavy atom. The minimum Gasteiger partial charge on any atom is -0.330 e. The third-order valence-corrected chi connectivity index (χ3v) is 3.76. The first-order chi connectivity index (χ1) is 8.61. The normalized spacial score (nSPS) is 10.7. The van der Waals surface area contributed by atoms with Gasteiger partial charge in [-0.15, -0.1) is 0 Å². The first-order valence-corrected chi connectivity index (χ1v) is 6.69. The lowest BCUT2D eigenvalue weighted by molar-refractivity contribution is 0.969. The van der Waals surface area contributed by atoms with Gasteiger partial charge in [0.05, 0.1) is 10.0 Å². The van der Waals surface area contributed by atoms with E-state index in [1.807, 2.05) is 30.3 Å². The molecule has 0 atom stereocenters. The number of hydrogen-bond donors (Lipinski definition) is 1. The molecule has 0 aliphatic heterocycles. The lowest BCUT2D eigenvalue weighted by atomic mass is 10.0. The minimum atomic E-state index is 0.523. The molecule has 2 aromatic carbocycles. The van der Waals surface area contributed by atoms with Gasteiger partial charge in [-0.1, -0.05) is 46.9 Å². The standard InChI is InChI=1S/C14H12Cl3N/c15-12-3-1-9(5-6-18)7-11(12)10-2-4-13(16)14(17)8-10/h1-4,7-8H,5-6,18H2. The van der Waals surface area contributed by atoms with Crippen molar-refractivity contribution in [2.24, 2.45) is 5.73 Å². The van der Waals surface area contributed by atoms with Gasteiger partial charge in [-0.2, -0.15) is 0 Å². The zero-order valence-corrected chi connectivity index (χ0v) is 11.9. The van der Waals surface area contributed by atoms with Gasteiger partial charge in [0.25, 0.3) is 0 Å². The Hall–Kier alpha value is -0.730. The zero-order chi connectivity index (χ0) is 13.1. The highest BCUT2D eigenvalue weighted by atomic mass is 35.5. The average Bonchev–Trinajstić information content (AvgIpc) is 2.35. The summed E-state index contributed by atoms with van der Waals surface area (Å²) in [7, 11) is 0. The van der Waals surface area contributed by atoms with E-state index in [-0.39, 0.29) is 0 Å². The van der Waals surface area contributed by atoms with Gasteiger partial charge in [-0.25, -0.2) is 0 Å². The molecule has 0 saturated heterocycles. The van der Waals surface area contributed by atoms with Crippen molar-refractivity contribution >= 4 is 34.8 Å². The van der Waals surface area contributed by atoms with E-state index in [2.05, 4.69) is 0 Å². The lowest BCUT2D eigenvalue weighted by Crippen LogP contribution is -2.02. The Kier molecular flexibility index (Phi) is 4.52. The Morgan fingerprint density at radius 1 is 0.833 bits per heavy atom. The van der Waals surface area contributed by atoms with Crippen LogP contribution < -0.4 is 5.73 Å². The van der Waals surface area contributed by atoms with Crippen molar-refractivity contribution in [3.05, 3.63) is 57.0 Å². The molecule has 0 aliphatic rings. The molecule has 2 aromatic rings. The second kappa shape index (κ2) is 5.94. The monoisotopic (exact) mass is 299 g/mol. The first-order valence-electron chi connectivity index (χ1n) is 5.55. The van der Waals surface area contributed by atoms with E-state index in [4.69, 9.17) is 40.5 Å². The Labute approximate surface area is 121 Å². The average molecular weight is 301 g/mol. The van der Waals surface area contributed by atoms with Crippen LogP contribution in [0.5, 0.6) is 0 Å². The van der Waals surface area contributed by atoms with Crippen molar-refractivity contribution in [2.75, 3.05) is 6.54 Å². The zero-order valence-electron chi connectivity index (χ0n) is 9.59. The fraction of sp³-hybridized carbons (Fsp3) is 0.143. The fourth-order valence-electron chi connectivity index (χ4n) is 1.78. The molecule has 0 aliphatic carbocycles. The van der Waals surface area contributed by atoms with Crippen molar-refractivity contribution in [3.8, 4) is 11.1 Å². The van der Waals surface area contributed by atoms with Crippen LogP contribution in [-0.4, -0.2) is 6.54 Å². The summed E-state index contributed by atoms with van der Waals surface area (Å²) >= 11 is 18.1. The summed E-state index contributed by atoms with van der Waals surface area (Å²) in [6.07, 6.45) is 0.825. The van der Waals surface area contributed by atoms with Crippen LogP contribution in [0.2, 0.25) is 15.1 Å². The van der Waals surface area contributed by atoms with Gasteiger partial charge >= 0.3 is 0 Å². The molecule has 0 spiro atoms. The number of hydrogen-bond acceptors (Lipinski definition) is 1. The van der Waals surface area contributed by atoms with Crippen molar-refractivity contribution in [1.29, 1.82) is 0 Å². The topological polar surface area (TPSA) is 26.0 Å². The maximum atomic E-state index is 6.22. The molecular weight excluding hydrogens is 289 g/mol. The summed E-state index contributed by atoms with van der Waals surface area (Å²) in [6.45, 7) is 0.614. The van der Waals surface area contributed by atoms with Crippen LogP contribution in [0.1, 0.15) is 5.56 Å². The van der Waals surface area contributed by atoms with Gasteiger partial charge in [-0.05, 0) is 48.4 Å². The maximum Gasteiger partial charge on any atom is 0.0598 e. The number of halogens is 3. The molecule has 0 fully saturated rings. The van der Waals surface area contributed by atoms with E-state index < -0.39 is 0 Å². The predicted octanol–water partition coefficient (Wildman–Crippen LogP) is 4.82. The van der Waals surface area contributed by atoms with E-state index >= 15 is 0 Å². The molecule has 4 heteroatoms. The lowest BCUT2D eigenvalue weighted by Gasteiger charge is -2.08. The largest absolute Gasteiger partial charge is 0.330 e. The molecule has 2 N–H and O–H groups in total. The van der Waals surface area contributed by atoms with Crippen LogP contribution in [0, 0.1) is 0 Å². The van der Waals surface area contributed by atoms with Crippen LogP contribution in [0.4, 0.5) is 0 Å². The molecule has 0 aromatic heterocycles. The van der Waals surface area contributed by atoms with Crippen molar-refractivity contribution in [2.45, 2.75) is 6.42 Å². The summed E-state index contributed by atoms with van der Waals surface area (Å²) in [5.41, 5.74) is 8.61. The van der Waals surface area contributed by atoms with E-state index in [0.717, 1.165) is 23.1 Å². The van der Waals surface area contributed by atoms with Gasteiger partial charge in [0.2, 0.25) is 0 Å². The number of rotatable bonds is 3. The Bertz CT molecular complexity index is 567.